The van der Waals surface area contributed by atoms with Crippen molar-refractivity contribution in [1.29, 1.82) is 0 Å². The monoisotopic (exact) mass is 284 g/mol. The van der Waals surface area contributed by atoms with Crippen LogP contribution in [0.1, 0.15) is 10.4 Å². The number of ether oxygens (including phenoxy) is 1. The van der Waals surface area contributed by atoms with Gasteiger partial charge in [0.15, 0.2) is 0 Å². The number of aromatic nitrogens is 2. The second-order valence-corrected chi connectivity index (χ2v) is 4.22. The molecule has 0 saturated heterocycles. The van der Waals surface area contributed by atoms with Crippen molar-refractivity contribution in [2.75, 3.05) is 0 Å². The van der Waals surface area contributed by atoms with Gasteiger partial charge in [0, 0.05) is 0 Å². The fraction of sp³-hybridized carbons (Fsp3) is 0. The number of halogens is 1. The Morgan fingerprint density at radius 2 is 1.90 bits per heavy atom. The van der Waals surface area contributed by atoms with Gasteiger partial charge < -0.3 is 9.84 Å². The Balaban J connectivity index is 2.12. The molecule has 0 aliphatic heterocycles. The van der Waals surface area contributed by atoms with E-state index in [1.54, 1.807) is 18.2 Å². The summed E-state index contributed by atoms with van der Waals surface area (Å²) in [5.74, 6) is -2.19. The molecule has 0 aliphatic carbocycles. The van der Waals surface area contributed by atoms with Crippen LogP contribution in [0.25, 0.3) is 10.9 Å². The van der Waals surface area contributed by atoms with Crippen LogP contribution in [0.3, 0.4) is 0 Å². The average Bonchev–Trinajstić information content (AvgIpc) is 2.47. The second-order valence-electron chi connectivity index (χ2n) is 4.22. The van der Waals surface area contributed by atoms with Gasteiger partial charge in [0.1, 0.15) is 23.5 Å². The number of hydrogen-bond donors (Lipinski definition) is 1. The molecular weight excluding hydrogens is 275 g/mol. The minimum absolute atomic E-state index is 0.105. The number of aromatic carboxylic acids is 1. The molecule has 0 saturated carbocycles. The van der Waals surface area contributed by atoms with Crippen molar-refractivity contribution in [3.05, 3.63) is 60.2 Å². The summed E-state index contributed by atoms with van der Waals surface area (Å²) in [7, 11) is 0. The molecule has 0 amide bonds. The maximum atomic E-state index is 13.6. The Kier molecular flexibility index (Phi) is 3.19. The average molecular weight is 284 g/mol. The lowest BCUT2D eigenvalue weighted by Gasteiger charge is -2.10. The Labute approximate surface area is 118 Å². The van der Waals surface area contributed by atoms with Crippen LogP contribution in [0.4, 0.5) is 4.39 Å². The summed E-state index contributed by atoms with van der Waals surface area (Å²) in [6.07, 6.45) is 1.30. The first-order chi connectivity index (χ1) is 10.2. The molecule has 0 spiro atoms. The normalized spacial score (nSPS) is 10.5. The zero-order valence-corrected chi connectivity index (χ0v) is 10.7. The third kappa shape index (κ3) is 2.38. The zero-order valence-electron chi connectivity index (χ0n) is 10.7. The fourth-order valence-electron chi connectivity index (χ4n) is 1.96. The second kappa shape index (κ2) is 5.16. The predicted octanol–water partition coefficient (Wildman–Crippen LogP) is 3.26. The van der Waals surface area contributed by atoms with E-state index < -0.39 is 17.3 Å². The molecule has 0 bridgehead atoms. The summed E-state index contributed by atoms with van der Waals surface area (Å²) in [5, 5.41) is 9.70. The Morgan fingerprint density at radius 3 is 2.71 bits per heavy atom. The van der Waals surface area contributed by atoms with Crippen LogP contribution in [0.2, 0.25) is 0 Å². The van der Waals surface area contributed by atoms with Gasteiger partial charge in [-0.15, -0.1) is 0 Å². The first kappa shape index (κ1) is 13.0. The largest absolute Gasteiger partial charge is 0.477 e. The number of hydrogen-bond acceptors (Lipinski definition) is 4. The topological polar surface area (TPSA) is 72.3 Å². The van der Waals surface area contributed by atoms with Crippen LogP contribution < -0.4 is 4.74 Å². The van der Waals surface area contributed by atoms with E-state index in [4.69, 9.17) is 9.84 Å². The Morgan fingerprint density at radius 1 is 1.10 bits per heavy atom. The van der Waals surface area contributed by atoms with Gasteiger partial charge in [0.25, 0.3) is 0 Å². The number of carboxylic acids is 1. The zero-order chi connectivity index (χ0) is 14.8. The predicted molar refractivity (Wildman–Crippen MR) is 73.0 cm³/mol. The molecule has 0 fully saturated rings. The lowest BCUT2D eigenvalue weighted by atomic mass is 10.2. The summed E-state index contributed by atoms with van der Waals surface area (Å²) in [5.41, 5.74) is 0.121. The molecule has 1 aromatic heterocycles. The quantitative estimate of drug-likeness (QED) is 0.799. The maximum absolute atomic E-state index is 13.6. The van der Waals surface area contributed by atoms with E-state index in [-0.39, 0.29) is 11.6 Å². The number of carbonyl (C=O) groups is 1. The van der Waals surface area contributed by atoms with Crippen molar-refractivity contribution in [3.63, 3.8) is 0 Å². The molecule has 0 atom stereocenters. The summed E-state index contributed by atoms with van der Waals surface area (Å²) >= 11 is 0. The van der Waals surface area contributed by atoms with Gasteiger partial charge in [-0.05, 0) is 24.3 Å². The Hall–Kier alpha value is -3.02. The molecule has 5 nitrogen and oxygen atoms in total. The lowest BCUT2D eigenvalue weighted by molar-refractivity contribution is 0.0689. The van der Waals surface area contributed by atoms with Crippen LogP contribution in [-0.2, 0) is 0 Å². The first-order valence-corrected chi connectivity index (χ1v) is 6.06. The van der Waals surface area contributed by atoms with Crippen molar-refractivity contribution >= 4 is 16.9 Å². The molecule has 1 N–H and O–H groups in total. The van der Waals surface area contributed by atoms with Crippen molar-refractivity contribution in [2.45, 2.75) is 0 Å². The van der Waals surface area contributed by atoms with E-state index in [0.717, 1.165) is 6.07 Å². The van der Waals surface area contributed by atoms with Crippen LogP contribution in [0.5, 0.6) is 11.6 Å². The molecule has 3 aromatic rings. The van der Waals surface area contributed by atoms with Crippen molar-refractivity contribution in [2.24, 2.45) is 0 Å². The highest BCUT2D eigenvalue weighted by molar-refractivity contribution is 5.91. The molecule has 3 rings (SSSR count). The number of benzene rings is 2. The molecule has 104 valence electrons. The van der Waals surface area contributed by atoms with Gasteiger partial charge in [-0.3, -0.25) is 0 Å². The molecule has 1 heterocycles. The van der Waals surface area contributed by atoms with Gasteiger partial charge >= 0.3 is 5.97 Å². The van der Waals surface area contributed by atoms with Gasteiger partial charge in [-0.1, -0.05) is 18.2 Å². The molecule has 0 aliphatic rings. The standard InChI is InChI=1S/C15H9FN2O3/c16-10-5-3-7-12(13(10)15(19)20)21-14-9-4-1-2-6-11(9)17-8-18-14/h1-8H,(H,19,20). The van der Waals surface area contributed by atoms with Crippen LogP contribution in [0, 0.1) is 5.82 Å². The lowest BCUT2D eigenvalue weighted by Crippen LogP contribution is -2.04. The van der Waals surface area contributed by atoms with Gasteiger partial charge in [0.05, 0.1) is 10.9 Å². The van der Waals surface area contributed by atoms with Gasteiger partial charge in [-0.25, -0.2) is 19.2 Å². The maximum Gasteiger partial charge on any atom is 0.342 e. The van der Waals surface area contributed by atoms with E-state index >= 15 is 0 Å². The van der Waals surface area contributed by atoms with Crippen molar-refractivity contribution in [3.8, 4) is 11.6 Å². The highest BCUT2D eigenvalue weighted by Gasteiger charge is 2.18. The SMILES string of the molecule is O=C(O)c1c(F)cccc1Oc1ncnc2ccccc12. The molecule has 0 unspecified atom stereocenters. The fourth-order valence-corrected chi connectivity index (χ4v) is 1.96. The third-order valence-corrected chi connectivity index (χ3v) is 2.90. The van der Waals surface area contributed by atoms with Crippen LogP contribution in [-0.4, -0.2) is 21.0 Å². The minimum atomic E-state index is -1.40. The molecule has 0 radical (unpaired) electrons. The van der Waals surface area contributed by atoms with Crippen LogP contribution >= 0.6 is 0 Å². The van der Waals surface area contributed by atoms with Crippen molar-refractivity contribution < 1.29 is 19.0 Å². The number of para-hydroxylation sites is 1. The van der Waals surface area contributed by atoms with E-state index in [1.807, 2.05) is 6.07 Å². The van der Waals surface area contributed by atoms with Gasteiger partial charge in [0.2, 0.25) is 5.88 Å². The molecule has 21 heavy (non-hydrogen) atoms. The highest BCUT2D eigenvalue weighted by atomic mass is 19.1. The van der Waals surface area contributed by atoms with Gasteiger partial charge in [-0.2, -0.15) is 0 Å². The smallest absolute Gasteiger partial charge is 0.342 e. The summed E-state index contributed by atoms with van der Waals surface area (Å²) in [4.78, 5) is 19.2. The van der Waals surface area contributed by atoms with Crippen LogP contribution in [0.15, 0.2) is 48.8 Å². The summed E-state index contributed by atoms with van der Waals surface area (Å²) in [6, 6.07) is 10.9. The minimum Gasteiger partial charge on any atom is -0.477 e. The number of rotatable bonds is 3. The number of nitrogens with zero attached hydrogens (tertiary/aromatic N) is 2. The number of fused-ring (bicyclic) bond motifs is 1. The molecular formula is C15H9FN2O3. The van der Waals surface area contributed by atoms with Crippen molar-refractivity contribution in [1.82, 2.24) is 9.97 Å². The summed E-state index contributed by atoms with van der Waals surface area (Å²) < 4.78 is 19.1. The molecule has 6 heteroatoms. The Bertz CT molecular complexity index is 831. The summed E-state index contributed by atoms with van der Waals surface area (Å²) in [6.45, 7) is 0. The van der Waals surface area contributed by atoms with E-state index in [9.17, 15) is 9.18 Å². The number of carboxylic acid groups (broad SMARTS) is 1. The van der Waals surface area contributed by atoms with E-state index in [0.29, 0.717) is 10.9 Å². The molecule has 2 aromatic carbocycles. The van der Waals surface area contributed by atoms with E-state index in [1.165, 1.54) is 18.5 Å². The van der Waals surface area contributed by atoms with E-state index in [2.05, 4.69) is 9.97 Å². The third-order valence-electron chi connectivity index (χ3n) is 2.90. The first-order valence-electron chi connectivity index (χ1n) is 6.06. The highest BCUT2D eigenvalue weighted by Crippen LogP contribution is 2.29.